The van der Waals surface area contributed by atoms with E-state index in [0.717, 1.165) is 31.8 Å². The van der Waals surface area contributed by atoms with Gasteiger partial charge in [-0.3, -0.25) is 0 Å². The second-order valence-electron chi connectivity index (χ2n) is 5.05. The molecule has 1 atom stereocenters. The number of hydrogen-bond donors (Lipinski definition) is 1. The molecule has 0 spiro atoms. The summed E-state index contributed by atoms with van der Waals surface area (Å²) < 4.78 is 2.21. The molecule has 1 N–H and O–H groups in total. The normalized spacial score (nSPS) is 12.6. The van der Waals surface area contributed by atoms with Gasteiger partial charge in [0.1, 0.15) is 5.82 Å². The molecule has 0 aliphatic rings. The van der Waals surface area contributed by atoms with Crippen molar-refractivity contribution in [2.75, 3.05) is 6.54 Å². The zero-order valence-corrected chi connectivity index (χ0v) is 12.8. The van der Waals surface area contributed by atoms with Crippen molar-refractivity contribution in [3.63, 3.8) is 0 Å². The van der Waals surface area contributed by atoms with Gasteiger partial charge in [0.05, 0.1) is 6.04 Å². The van der Waals surface area contributed by atoms with Crippen molar-refractivity contribution >= 4 is 0 Å². The van der Waals surface area contributed by atoms with Gasteiger partial charge in [-0.05, 0) is 37.4 Å². The van der Waals surface area contributed by atoms with Gasteiger partial charge in [0.2, 0.25) is 0 Å². The Hall–Kier alpha value is -1.61. The molecule has 3 nitrogen and oxygen atoms in total. The van der Waals surface area contributed by atoms with Crippen LogP contribution in [0.4, 0.5) is 0 Å². The van der Waals surface area contributed by atoms with Gasteiger partial charge in [0, 0.05) is 18.9 Å². The Bertz CT molecular complexity index is 513. The highest BCUT2D eigenvalue weighted by Gasteiger charge is 2.17. The van der Waals surface area contributed by atoms with E-state index in [1.54, 1.807) is 0 Å². The van der Waals surface area contributed by atoms with E-state index in [9.17, 15) is 0 Å². The lowest BCUT2D eigenvalue weighted by molar-refractivity contribution is 0.541. The molecule has 0 radical (unpaired) electrons. The first-order valence-electron chi connectivity index (χ1n) is 7.63. The minimum absolute atomic E-state index is 0.177. The van der Waals surface area contributed by atoms with E-state index in [0.29, 0.717) is 0 Å². The molecule has 0 amide bonds. The average Bonchev–Trinajstić information content (AvgIpc) is 2.96. The van der Waals surface area contributed by atoms with E-state index in [1.807, 2.05) is 6.20 Å². The monoisotopic (exact) mass is 271 g/mol. The van der Waals surface area contributed by atoms with Crippen LogP contribution in [-0.4, -0.2) is 16.1 Å². The van der Waals surface area contributed by atoms with Gasteiger partial charge in [0.25, 0.3) is 0 Å². The molecule has 1 aromatic heterocycles. The molecule has 0 saturated heterocycles. The molecule has 0 aliphatic heterocycles. The molecule has 0 fully saturated rings. The summed E-state index contributed by atoms with van der Waals surface area (Å²) in [6.07, 6.45) is 6.14. The van der Waals surface area contributed by atoms with Gasteiger partial charge < -0.3 is 9.88 Å². The molecule has 20 heavy (non-hydrogen) atoms. The largest absolute Gasteiger partial charge is 0.334 e. The van der Waals surface area contributed by atoms with Crippen molar-refractivity contribution in [1.82, 2.24) is 14.9 Å². The van der Waals surface area contributed by atoms with Gasteiger partial charge >= 0.3 is 0 Å². The first kappa shape index (κ1) is 14.8. The molecule has 2 rings (SSSR count). The molecule has 108 valence electrons. The number of hydrogen-bond acceptors (Lipinski definition) is 2. The summed E-state index contributed by atoms with van der Waals surface area (Å²) in [4.78, 5) is 4.56. The van der Waals surface area contributed by atoms with Crippen LogP contribution in [0, 0.1) is 0 Å². The zero-order chi connectivity index (χ0) is 14.4. The Balaban J connectivity index is 2.30. The molecule has 0 bridgehead atoms. The van der Waals surface area contributed by atoms with Gasteiger partial charge in [-0.2, -0.15) is 0 Å². The summed E-state index contributed by atoms with van der Waals surface area (Å²) in [5.41, 5.74) is 2.67. The summed E-state index contributed by atoms with van der Waals surface area (Å²) in [5.74, 6) is 1.10. The number of benzene rings is 1. The maximum Gasteiger partial charge on any atom is 0.130 e. The van der Waals surface area contributed by atoms with Crippen LogP contribution in [0.15, 0.2) is 36.7 Å². The van der Waals surface area contributed by atoms with E-state index >= 15 is 0 Å². The third-order valence-corrected chi connectivity index (χ3v) is 3.67. The highest BCUT2D eigenvalue weighted by atomic mass is 15.1. The molecular formula is C17H25N3. The predicted molar refractivity (Wildman–Crippen MR) is 83.9 cm³/mol. The fraction of sp³-hybridized carbons (Fsp3) is 0.471. The van der Waals surface area contributed by atoms with Crippen molar-refractivity contribution in [3.05, 3.63) is 53.6 Å². The van der Waals surface area contributed by atoms with E-state index in [1.165, 1.54) is 11.1 Å². The molecule has 2 aromatic rings. The third-order valence-electron chi connectivity index (χ3n) is 3.67. The SMILES string of the molecule is CCCNC(c1ccc(CC)cc1)c1nccn1CC. The lowest BCUT2D eigenvalue weighted by Crippen LogP contribution is -2.26. The zero-order valence-electron chi connectivity index (χ0n) is 12.8. The van der Waals surface area contributed by atoms with Crippen LogP contribution in [0.5, 0.6) is 0 Å². The van der Waals surface area contributed by atoms with Crippen LogP contribution < -0.4 is 5.32 Å². The Morgan fingerprint density at radius 3 is 2.50 bits per heavy atom. The van der Waals surface area contributed by atoms with Crippen LogP contribution in [0.2, 0.25) is 0 Å². The highest BCUT2D eigenvalue weighted by molar-refractivity contribution is 5.29. The van der Waals surface area contributed by atoms with Gasteiger partial charge in [-0.15, -0.1) is 0 Å². The van der Waals surface area contributed by atoms with Crippen LogP contribution in [0.25, 0.3) is 0 Å². The third kappa shape index (κ3) is 3.28. The smallest absolute Gasteiger partial charge is 0.130 e. The molecule has 0 saturated carbocycles. The number of nitrogens with zero attached hydrogens (tertiary/aromatic N) is 2. The van der Waals surface area contributed by atoms with Crippen LogP contribution >= 0.6 is 0 Å². The molecule has 3 heteroatoms. The van der Waals surface area contributed by atoms with Crippen LogP contribution in [-0.2, 0) is 13.0 Å². The summed E-state index contributed by atoms with van der Waals surface area (Å²) in [5, 5.41) is 3.62. The van der Waals surface area contributed by atoms with Crippen LogP contribution in [0.1, 0.15) is 50.2 Å². The quantitative estimate of drug-likeness (QED) is 0.834. The summed E-state index contributed by atoms with van der Waals surface area (Å²) in [6.45, 7) is 8.48. The average molecular weight is 271 g/mol. The first-order chi connectivity index (χ1) is 9.80. The Labute approximate surface area is 122 Å². The Kier molecular flexibility index (Phi) is 5.36. The number of aromatic nitrogens is 2. The molecular weight excluding hydrogens is 246 g/mol. The first-order valence-corrected chi connectivity index (χ1v) is 7.63. The predicted octanol–water partition coefficient (Wildman–Crippen LogP) is 3.55. The minimum atomic E-state index is 0.177. The fourth-order valence-corrected chi connectivity index (χ4v) is 2.44. The van der Waals surface area contributed by atoms with Crippen molar-refractivity contribution < 1.29 is 0 Å². The number of nitrogens with one attached hydrogen (secondary N) is 1. The molecule has 1 heterocycles. The molecule has 1 unspecified atom stereocenters. The van der Waals surface area contributed by atoms with Crippen molar-refractivity contribution in [2.24, 2.45) is 0 Å². The Morgan fingerprint density at radius 1 is 1.15 bits per heavy atom. The van der Waals surface area contributed by atoms with E-state index in [-0.39, 0.29) is 6.04 Å². The topological polar surface area (TPSA) is 29.9 Å². The number of imidazole rings is 1. The fourth-order valence-electron chi connectivity index (χ4n) is 2.44. The number of rotatable bonds is 7. The highest BCUT2D eigenvalue weighted by Crippen LogP contribution is 2.21. The maximum atomic E-state index is 4.56. The van der Waals surface area contributed by atoms with Crippen molar-refractivity contribution in [1.29, 1.82) is 0 Å². The van der Waals surface area contributed by atoms with Crippen molar-refractivity contribution in [3.8, 4) is 0 Å². The van der Waals surface area contributed by atoms with Gasteiger partial charge in [0.15, 0.2) is 0 Å². The van der Waals surface area contributed by atoms with E-state index in [2.05, 4.69) is 66.1 Å². The lowest BCUT2D eigenvalue weighted by Gasteiger charge is -2.20. The van der Waals surface area contributed by atoms with E-state index < -0.39 is 0 Å². The summed E-state index contributed by atoms with van der Waals surface area (Å²) in [7, 11) is 0. The lowest BCUT2D eigenvalue weighted by atomic mass is 10.0. The van der Waals surface area contributed by atoms with Gasteiger partial charge in [-0.25, -0.2) is 4.98 Å². The van der Waals surface area contributed by atoms with Crippen molar-refractivity contribution in [2.45, 2.75) is 46.2 Å². The summed E-state index contributed by atoms with van der Waals surface area (Å²) in [6, 6.07) is 9.06. The minimum Gasteiger partial charge on any atom is -0.334 e. The second kappa shape index (κ2) is 7.25. The van der Waals surface area contributed by atoms with Gasteiger partial charge in [-0.1, -0.05) is 38.1 Å². The van der Waals surface area contributed by atoms with Crippen LogP contribution in [0.3, 0.4) is 0 Å². The Morgan fingerprint density at radius 2 is 1.90 bits per heavy atom. The summed E-state index contributed by atoms with van der Waals surface area (Å²) >= 11 is 0. The second-order valence-corrected chi connectivity index (χ2v) is 5.05. The molecule has 0 aliphatic carbocycles. The number of aryl methyl sites for hydroxylation is 2. The van der Waals surface area contributed by atoms with E-state index in [4.69, 9.17) is 0 Å². The maximum absolute atomic E-state index is 4.56. The standard InChI is InChI=1S/C17H25N3/c1-4-11-18-16(17-19-12-13-20(17)6-3)15-9-7-14(5-2)8-10-15/h7-10,12-13,16,18H,4-6,11H2,1-3H3. The molecule has 1 aromatic carbocycles.